The predicted molar refractivity (Wildman–Crippen MR) is 79.8 cm³/mol. The zero-order chi connectivity index (χ0) is 14.4. The lowest BCUT2D eigenvalue weighted by atomic mass is 9.83. The summed E-state index contributed by atoms with van der Waals surface area (Å²) in [6.45, 7) is 5.07. The molecule has 1 amide bonds. The molecule has 1 saturated carbocycles. The van der Waals surface area contributed by atoms with Crippen LogP contribution >= 0.6 is 0 Å². The van der Waals surface area contributed by atoms with Crippen molar-refractivity contribution in [1.82, 2.24) is 15.3 Å². The standard InChI is InChI=1S/C15H24N4O/c1-3-9-16-13-11-17-12(10-18-13)14(20)19-15(2)7-5-4-6-8-15/h10-11H,3-9H2,1-2H3,(H,16,18)(H,19,20). The van der Waals surface area contributed by atoms with E-state index >= 15 is 0 Å². The van der Waals surface area contributed by atoms with E-state index in [9.17, 15) is 4.79 Å². The van der Waals surface area contributed by atoms with Crippen LogP contribution in [-0.4, -0.2) is 28.0 Å². The summed E-state index contributed by atoms with van der Waals surface area (Å²) in [4.78, 5) is 20.6. The van der Waals surface area contributed by atoms with Gasteiger partial charge in [0.25, 0.3) is 5.91 Å². The first kappa shape index (κ1) is 14.8. The average Bonchev–Trinajstić information content (AvgIpc) is 2.46. The third kappa shape index (κ3) is 3.92. The van der Waals surface area contributed by atoms with Gasteiger partial charge >= 0.3 is 0 Å². The summed E-state index contributed by atoms with van der Waals surface area (Å²) < 4.78 is 0. The van der Waals surface area contributed by atoms with Gasteiger partial charge in [0, 0.05) is 12.1 Å². The topological polar surface area (TPSA) is 66.9 Å². The fraction of sp³-hybridized carbons (Fsp3) is 0.667. The molecule has 0 bridgehead atoms. The maximum absolute atomic E-state index is 12.2. The van der Waals surface area contributed by atoms with Crippen LogP contribution in [0.4, 0.5) is 5.82 Å². The molecular weight excluding hydrogens is 252 g/mol. The van der Waals surface area contributed by atoms with Gasteiger partial charge in [-0.25, -0.2) is 9.97 Å². The normalized spacial score (nSPS) is 17.5. The number of anilines is 1. The van der Waals surface area contributed by atoms with Gasteiger partial charge in [0.2, 0.25) is 0 Å². The van der Waals surface area contributed by atoms with Crippen LogP contribution in [0.5, 0.6) is 0 Å². The summed E-state index contributed by atoms with van der Waals surface area (Å²) in [5, 5.41) is 6.26. The Hall–Kier alpha value is -1.65. The van der Waals surface area contributed by atoms with Crippen molar-refractivity contribution in [2.75, 3.05) is 11.9 Å². The summed E-state index contributed by atoms with van der Waals surface area (Å²) in [5.74, 6) is 0.594. The molecule has 0 atom stereocenters. The van der Waals surface area contributed by atoms with E-state index < -0.39 is 0 Å². The highest BCUT2D eigenvalue weighted by atomic mass is 16.2. The number of nitrogens with one attached hydrogen (secondary N) is 2. The molecule has 1 aliphatic rings. The van der Waals surface area contributed by atoms with E-state index in [-0.39, 0.29) is 11.4 Å². The molecule has 1 aromatic rings. The Morgan fingerprint density at radius 3 is 2.60 bits per heavy atom. The van der Waals surface area contributed by atoms with Gasteiger partial charge in [-0.2, -0.15) is 0 Å². The van der Waals surface area contributed by atoms with E-state index in [0.717, 1.165) is 25.8 Å². The van der Waals surface area contributed by atoms with E-state index in [0.29, 0.717) is 11.5 Å². The summed E-state index contributed by atoms with van der Waals surface area (Å²) in [7, 11) is 0. The number of nitrogens with zero attached hydrogens (tertiary/aromatic N) is 2. The maximum atomic E-state index is 12.2. The first-order valence-corrected chi connectivity index (χ1v) is 7.51. The Kier molecular flexibility index (Phi) is 4.93. The fourth-order valence-electron chi connectivity index (χ4n) is 2.58. The zero-order valence-corrected chi connectivity index (χ0v) is 12.4. The van der Waals surface area contributed by atoms with Crippen LogP contribution in [0.15, 0.2) is 12.4 Å². The van der Waals surface area contributed by atoms with Crippen molar-refractivity contribution < 1.29 is 4.79 Å². The van der Waals surface area contributed by atoms with Gasteiger partial charge in [0.05, 0.1) is 12.4 Å². The SMILES string of the molecule is CCCNc1cnc(C(=O)NC2(C)CCCCC2)cn1. The van der Waals surface area contributed by atoms with E-state index in [4.69, 9.17) is 0 Å². The predicted octanol–water partition coefficient (Wildman–Crippen LogP) is 2.75. The first-order valence-electron chi connectivity index (χ1n) is 7.51. The van der Waals surface area contributed by atoms with Crippen LogP contribution in [0, 0.1) is 0 Å². The lowest BCUT2D eigenvalue weighted by Gasteiger charge is -2.34. The molecular formula is C15H24N4O. The lowest BCUT2D eigenvalue weighted by molar-refractivity contribution is 0.0877. The number of carbonyl (C=O) groups excluding carboxylic acids is 1. The molecule has 20 heavy (non-hydrogen) atoms. The van der Waals surface area contributed by atoms with E-state index in [1.807, 2.05) is 0 Å². The van der Waals surface area contributed by atoms with Crippen molar-refractivity contribution in [3.8, 4) is 0 Å². The average molecular weight is 276 g/mol. The molecule has 1 aliphatic carbocycles. The van der Waals surface area contributed by atoms with Crippen LogP contribution < -0.4 is 10.6 Å². The highest BCUT2D eigenvalue weighted by Crippen LogP contribution is 2.27. The Morgan fingerprint density at radius 2 is 2.00 bits per heavy atom. The van der Waals surface area contributed by atoms with Crippen molar-refractivity contribution in [3.05, 3.63) is 18.1 Å². The van der Waals surface area contributed by atoms with Gasteiger partial charge in [-0.1, -0.05) is 26.2 Å². The van der Waals surface area contributed by atoms with E-state index in [1.165, 1.54) is 19.3 Å². The fourth-order valence-corrected chi connectivity index (χ4v) is 2.58. The van der Waals surface area contributed by atoms with Crippen LogP contribution in [0.3, 0.4) is 0 Å². The second kappa shape index (κ2) is 6.68. The molecule has 0 radical (unpaired) electrons. The summed E-state index contributed by atoms with van der Waals surface area (Å²) in [6, 6.07) is 0. The van der Waals surface area contributed by atoms with Crippen LogP contribution in [0.25, 0.3) is 0 Å². The Bertz CT molecular complexity index is 438. The third-order valence-electron chi connectivity index (χ3n) is 3.81. The molecule has 5 heteroatoms. The van der Waals surface area contributed by atoms with Crippen LogP contribution in [0.1, 0.15) is 62.9 Å². The molecule has 0 aromatic carbocycles. The molecule has 110 valence electrons. The van der Waals surface area contributed by atoms with Gasteiger partial charge in [-0.15, -0.1) is 0 Å². The summed E-state index contributed by atoms with van der Waals surface area (Å²) >= 11 is 0. The minimum absolute atomic E-state index is 0.0872. The van der Waals surface area contributed by atoms with Gasteiger partial charge in [0.1, 0.15) is 11.5 Å². The number of amides is 1. The second-order valence-corrected chi connectivity index (χ2v) is 5.79. The summed E-state index contributed by atoms with van der Waals surface area (Å²) in [5.41, 5.74) is 0.301. The molecule has 1 heterocycles. The number of carbonyl (C=O) groups is 1. The van der Waals surface area contributed by atoms with Crippen molar-refractivity contribution in [2.24, 2.45) is 0 Å². The molecule has 0 spiro atoms. The first-order chi connectivity index (χ1) is 9.63. The van der Waals surface area contributed by atoms with Crippen molar-refractivity contribution in [2.45, 2.75) is 57.9 Å². The van der Waals surface area contributed by atoms with Crippen molar-refractivity contribution in [3.63, 3.8) is 0 Å². The monoisotopic (exact) mass is 276 g/mol. The van der Waals surface area contributed by atoms with Crippen molar-refractivity contribution >= 4 is 11.7 Å². The Labute approximate surface area is 120 Å². The quantitative estimate of drug-likeness (QED) is 0.867. The third-order valence-corrected chi connectivity index (χ3v) is 3.81. The Morgan fingerprint density at radius 1 is 1.25 bits per heavy atom. The molecule has 5 nitrogen and oxygen atoms in total. The minimum atomic E-state index is -0.121. The van der Waals surface area contributed by atoms with Gasteiger partial charge in [-0.3, -0.25) is 4.79 Å². The summed E-state index contributed by atoms with van der Waals surface area (Å²) in [6.07, 6.45) is 9.91. The maximum Gasteiger partial charge on any atom is 0.271 e. The minimum Gasteiger partial charge on any atom is -0.369 e. The highest BCUT2D eigenvalue weighted by molar-refractivity contribution is 5.92. The number of rotatable bonds is 5. The molecule has 0 unspecified atom stereocenters. The molecule has 0 saturated heterocycles. The molecule has 1 aromatic heterocycles. The van der Waals surface area contributed by atoms with Crippen molar-refractivity contribution in [1.29, 1.82) is 0 Å². The van der Waals surface area contributed by atoms with Gasteiger partial charge in [-0.05, 0) is 26.2 Å². The highest BCUT2D eigenvalue weighted by Gasteiger charge is 2.29. The number of hydrogen-bond donors (Lipinski definition) is 2. The molecule has 1 fully saturated rings. The largest absolute Gasteiger partial charge is 0.369 e. The number of aromatic nitrogens is 2. The van der Waals surface area contributed by atoms with Gasteiger partial charge < -0.3 is 10.6 Å². The Balaban J connectivity index is 1.94. The molecule has 2 rings (SSSR count). The molecule has 2 N–H and O–H groups in total. The van der Waals surface area contributed by atoms with E-state index in [2.05, 4.69) is 34.4 Å². The van der Waals surface area contributed by atoms with Crippen LogP contribution in [0.2, 0.25) is 0 Å². The smallest absolute Gasteiger partial charge is 0.271 e. The van der Waals surface area contributed by atoms with Crippen LogP contribution in [-0.2, 0) is 0 Å². The number of hydrogen-bond acceptors (Lipinski definition) is 4. The zero-order valence-electron chi connectivity index (χ0n) is 12.4. The molecule has 0 aliphatic heterocycles. The van der Waals surface area contributed by atoms with E-state index in [1.54, 1.807) is 12.4 Å². The lowest BCUT2D eigenvalue weighted by Crippen LogP contribution is -2.47. The van der Waals surface area contributed by atoms with Gasteiger partial charge in [0.15, 0.2) is 0 Å². The second-order valence-electron chi connectivity index (χ2n) is 5.79.